The Hall–Kier alpha value is -2.23. The molecule has 1 aliphatic heterocycles. The van der Waals surface area contributed by atoms with Crippen LogP contribution in [0.1, 0.15) is 16.3 Å². The van der Waals surface area contributed by atoms with Gasteiger partial charge in [0.1, 0.15) is 0 Å². The molecular formula is C19H19F3N4OS. The number of benzene rings is 1. The van der Waals surface area contributed by atoms with Crippen LogP contribution in [0, 0.1) is 0 Å². The SMILES string of the molecule is FC(F)(F)c1ccc(-c2noc(CN3CCN(Cc4cccs4)CC3)n2)cc1. The molecule has 2 aromatic heterocycles. The first-order chi connectivity index (χ1) is 13.5. The van der Waals surface area contributed by atoms with E-state index in [1.54, 1.807) is 11.3 Å². The number of alkyl halides is 3. The minimum absolute atomic E-state index is 0.306. The summed E-state index contributed by atoms with van der Waals surface area (Å²) < 4.78 is 43.3. The highest BCUT2D eigenvalue weighted by Crippen LogP contribution is 2.30. The number of hydrogen-bond acceptors (Lipinski definition) is 6. The van der Waals surface area contributed by atoms with Gasteiger partial charge in [-0.2, -0.15) is 18.2 Å². The smallest absolute Gasteiger partial charge is 0.338 e. The number of nitrogens with zero attached hydrogens (tertiary/aromatic N) is 4. The fourth-order valence-corrected chi connectivity index (χ4v) is 3.91. The maximum absolute atomic E-state index is 12.7. The van der Waals surface area contributed by atoms with Crippen LogP contribution >= 0.6 is 11.3 Å². The lowest BCUT2D eigenvalue weighted by atomic mass is 10.1. The summed E-state index contributed by atoms with van der Waals surface area (Å²) in [6.07, 6.45) is -4.35. The molecule has 1 fully saturated rings. The summed E-state index contributed by atoms with van der Waals surface area (Å²) in [5, 5.41) is 6.00. The monoisotopic (exact) mass is 408 g/mol. The molecule has 0 bridgehead atoms. The fourth-order valence-electron chi connectivity index (χ4n) is 3.16. The average Bonchev–Trinajstić information content (AvgIpc) is 3.35. The molecule has 0 radical (unpaired) electrons. The van der Waals surface area contributed by atoms with Gasteiger partial charge in [0.05, 0.1) is 12.1 Å². The molecule has 9 heteroatoms. The predicted octanol–water partition coefficient (Wildman–Crippen LogP) is 4.13. The lowest BCUT2D eigenvalue weighted by Crippen LogP contribution is -2.45. The highest BCUT2D eigenvalue weighted by molar-refractivity contribution is 7.09. The largest absolute Gasteiger partial charge is 0.416 e. The van der Waals surface area contributed by atoms with Crippen LogP contribution < -0.4 is 0 Å². The molecule has 148 valence electrons. The van der Waals surface area contributed by atoms with Gasteiger partial charge in [0.15, 0.2) is 0 Å². The lowest BCUT2D eigenvalue weighted by Gasteiger charge is -2.33. The summed E-state index contributed by atoms with van der Waals surface area (Å²) in [5.41, 5.74) is -0.191. The van der Waals surface area contributed by atoms with E-state index in [1.807, 2.05) is 0 Å². The molecule has 5 nitrogen and oxygen atoms in total. The first kappa shape index (κ1) is 19.1. The average molecular weight is 408 g/mol. The second kappa shape index (κ2) is 8.02. The van der Waals surface area contributed by atoms with Crippen molar-refractivity contribution in [3.8, 4) is 11.4 Å². The van der Waals surface area contributed by atoms with Crippen molar-refractivity contribution >= 4 is 11.3 Å². The van der Waals surface area contributed by atoms with Crippen molar-refractivity contribution in [3.63, 3.8) is 0 Å². The van der Waals surface area contributed by atoms with Crippen LogP contribution in [0.2, 0.25) is 0 Å². The highest BCUT2D eigenvalue weighted by Gasteiger charge is 2.30. The van der Waals surface area contributed by atoms with Crippen LogP contribution in [-0.2, 0) is 19.3 Å². The third-order valence-electron chi connectivity index (χ3n) is 4.72. The van der Waals surface area contributed by atoms with E-state index in [9.17, 15) is 13.2 Å². The summed E-state index contributed by atoms with van der Waals surface area (Å²) in [6.45, 7) is 5.27. The summed E-state index contributed by atoms with van der Waals surface area (Å²) in [5.74, 6) is 0.779. The van der Waals surface area contributed by atoms with Crippen LogP contribution in [0.5, 0.6) is 0 Å². The Bertz CT molecular complexity index is 885. The van der Waals surface area contributed by atoms with E-state index >= 15 is 0 Å². The van der Waals surface area contributed by atoms with Crippen molar-refractivity contribution in [2.45, 2.75) is 19.3 Å². The van der Waals surface area contributed by atoms with Gasteiger partial charge in [0.2, 0.25) is 11.7 Å². The molecular weight excluding hydrogens is 389 g/mol. The number of aromatic nitrogens is 2. The number of rotatable bonds is 5. The van der Waals surface area contributed by atoms with Crippen molar-refractivity contribution in [1.82, 2.24) is 19.9 Å². The Morgan fingerprint density at radius 1 is 0.964 bits per heavy atom. The zero-order valence-electron chi connectivity index (χ0n) is 15.0. The predicted molar refractivity (Wildman–Crippen MR) is 99.6 cm³/mol. The summed E-state index contributed by atoms with van der Waals surface area (Å²) >= 11 is 1.77. The van der Waals surface area contributed by atoms with Gasteiger partial charge in [-0.15, -0.1) is 11.3 Å². The second-order valence-corrected chi connectivity index (χ2v) is 7.75. The maximum Gasteiger partial charge on any atom is 0.416 e. The summed E-state index contributed by atoms with van der Waals surface area (Å²) in [7, 11) is 0. The van der Waals surface area contributed by atoms with E-state index in [0.717, 1.165) is 44.9 Å². The number of hydrogen-bond donors (Lipinski definition) is 0. The van der Waals surface area contributed by atoms with Crippen molar-refractivity contribution < 1.29 is 17.7 Å². The Balaban J connectivity index is 1.31. The van der Waals surface area contributed by atoms with Gasteiger partial charge in [-0.25, -0.2) is 0 Å². The second-order valence-electron chi connectivity index (χ2n) is 6.72. The van der Waals surface area contributed by atoms with E-state index in [0.29, 0.717) is 23.8 Å². The molecule has 0 N–H and O–H groups in total. The summed E-state index contributed by atoms with van der Waals surface area (Å²) in [6, 6.07) is 9.00. The minimum Gasteiger partial charge on any atom is -0.338 e. The number of piperazine rings is 1. The normalized spacial score (nSPS) is 16.5. The third-order valence-corrected chi connectivity index (χ3v) is 5.58. The first-order valence-electron chi connectivity index (χ1n) is 8.95. The standard InChI is InChI=1S/C19H19F3N4OS/c20-19(21,22)15-5-3-14(4-6-15)18-23-17(27-24-18)13-26-9-7-25(8-10-26)12-16-2-1-11-28-16/h1-6,11H,7-10,12-13H2. The molecule has 3 heterocycles. The van der Waals surface area contributed by atoms with Crippen molar-refractivity contribution in [2.75, 3.05) is 26.2 Å². The zero-order valence-corrected chi connectivity index (χ0v) is 15.8. The Labute approximate surface area is 164 Å². The topological polar surface area (TPSA) is 45.4 Å². The van der Waals surface area contributed by atoms with Crippen LogP contribution in [-0.4, -0.2) is 46.1 Å². The number of halogens is 3. The molecule has 28 heavy (non-hydrogen) atoms. The zero-order chi connectivity index (χ0) is 19.6. The summed E-state index contributed by atoms with van der Waals surface area (Å²) in [4.78, 5) is 10.4. The van der Waals surface area contributed by atoms with E-state index in [-0.39, 0.29) is 0 Å². The molecule has 0 atom stereocenters. The van der Waals surface area contributed by atoms with Gasteiger partial charge in [0.25, 0.3) is 0 Å². The van der Waals surface area contributed by atoms with Crippen molar-refractivity contribution in [2.24, 2.45) is 0 Å². The van der Waals surface area contributed by atoms with Crippen LogP contribution in [0.25, 0.3) is 11.4 Å². The van der Waals surface area contributed by atoms with Gasteiger partial charge in [0, 0.05) is 43.2 Å². The fraction of sp³-hybridized carbons (Fsp3) is 0.368. The molecule has 1 saturated heterocycles. The van der Waals surface area contributed by atoms with Gasteiger partial charge < -0.3 is 4.52 Å². The van der Waals surface area contributed by atoms with Crippen molar-refractivity contribution in [1.29, 1.82) is 0 Å². The molecule has 1 aliphatic rings. The Morgan fingerprint density at radius 3 is 2.25 bits per heavy atom. The molecule has 0 unspecified atom stereocenters. The van der Waals surface area contributed by atoms with E-state index in [4.69, 9.17) is 4.52 Å². The quantitative estimate of drug-likeness (QED) is 0.635. The third kappa shape index (κ3) is 4.60. The maximum atomic E-state index is 12.7. The van der Waals surface area contributed by atoms with Crippen LogP contribution in [0.15, 0.2) is 46.3 Å². The van der Waals surface area contributed by atoms with E-state index < -0.39 is 11.7 Å². The van der Waals surface area contributed by atoms with Gasteiger partial charge in [-0.3, -0.25) is 9.80 Å². The van der Waals surface area contributed by atoms with Crippen LogP contribution in [0.3, 0.4) is 0 Å². The van der Waals surface area contributed by atoms with Gasteiger partial charge in [-0.05, 0) is 23.6 Å². The molecule has 0 spiro atoms. The van der Waals surface area contributed by atoms with Crippen molar-refractivity contribution in [3.05, 3.63) is 58.1 Å². The molecule has 0 saturated carbocycles. The van der Waals surface area contributed by atoms with Crippen LogP contribution in [0.4, 0.5) is 13.2 Å². The molecule has 0 aliphatic carbocycles. The molecule has 1 aromatic carbocycles. The molecule has 3 aromatic rings. The number of thiophene rings is 1. The Kier molecular flexibility index (Phi) is 5.47. The minimum atomic E-state index is -4.35. The van der Waals surface area contributed by atoms with Gasteiger partial charge in [-0.1, -0.05) is 23.4 Å². The molecule has 0 amide bonds. The molecule has 4 rings (SSSR count). The van der Waals surface area contributed by atoms with E-state index in [1.165, 1.54) is 17.0 Å². The lowest BCUT2D eigenvalue weighted by molar-refractivity contribution is -0.137. The van der Waals surface area contributed by atoms with Gasteiger partial charge >= 0.3 is 6.18 Å². The Morgan fingerprint density at radius 2 is 1.64 bits per heavy atom. The first-order valence-corrected chi connectivity index (χ1v) is 9.83. The highest BCUT2D eigenvalue weighted by atomic mass is 32.1. The van der Waals surface area contributed by atoms with E-state index in [2.05, 4.69) is 37.5 Å².